The minimum atomic E-state index is -0.449. The fourth-order valence-corrected chi connectivity index (χ4v) is 4.43. The second-order valence-corrected chi connectivity index (χ2v) is 7.73. The predicted octanol–water partition coefficient (Wildman–Crippen LogP) is 4.51. The van der Waals surface area contributed by atoms with Crippen LogP contribution in [-0.4, -0.2) is 30.2 Å². The summed E-state index contributed by atoms with van der Waals surface area (Å²) >= 11 is 1.60. The fourth-order valence-electron chi connectivity index (χ4n) is 3.26. The number of ether oxygens (including phenoxy) is 2. The molecule has 7 heteroatoms. The summed E-state index contributed by atoms with van der Waals surface area (Å²) in [4.78, 5) is 26.8. The average molecular weight is 401 g/mol. The third-order valence-corrected chi connectivity index (χ3v) is 5.84. The van der Waals surface area contributed by atoms with Crippen molar-refractivity contribution in [1.82, 2.24) is 4.57 Å². The summed E-state index contributed by atoms with van der Waals surface area (Å²) in [7, 11) is 1.62. The first kappa shape index (κ1) is 19.9. The number of nitrogens with one attached hydrogen (secondary N) is 1. The Kier molecular flexibility index (Phi) is 5.74. The highest BCUT2D eigenvalue weighted by Gasteiger charge is 2.28. The molecule has 0 fully saturated rings. The molecule has 0 atom stereocenters. The molecular formula is C21H24N2O4S. The molecule has 0 saturated carbocycles. The number of aromatic nitrogens is 1. The largest absolute Gasteiger partial charge is 0.497 e. The first-order chi connectivity index (χ1) is 13.4. The molecule has 3 rings (SSSR count). The number of esters is 1. The lowest BCUT2D eigenvalue weighted by Crippen LogP contribution is -2.17. The topological polar surface area (TPSA) is 69.6 Å². The van der Waals surface area contributed by atoms with Gasteiger partial charge in [0.2, 0.25) is 5.91 Å². The van der Waals surface area contributed by atoms with Crippen LogP contribution >= 0.6 is 11.3 Å². The van der Waals surface area contributed by atoms with E-state index in [9.17, 15) is 9.59 Å². The third-order valence-electron chi connectivity index (χ3n) is 4.61. The zero-order chi connectivity index (χ0) is 20.4. The van der Waals surface area contributed by atoms with Crippen LogP contribution < -0.4 is 10.1 Å². The Labute approximate surface area is 168 Å². The number of carbonyl (C=O) groups excluding carboxylic acids is 2. The van der Waals surface area contributed by atoms with Crippen molar-refractivity contribution in [1.29, 1.82) is 0 Å². The lowest BCUT2D eigenvalue weighted by atomic mass is 10.2. The van der Waals surface area contributed by atoms with Crippen molar-refractivity contribution in [3.63, 3.8) is 0 Å². The van der Waals surface area contributed by atoms with Crippen LogP contribution in [-0.2, 0) is 16.1 Å². The number of rotatable bonds is 6. The molecule has 0 aliphatic carbocycles. The van der Waals surface area contributed by atoms with Crippen molar-refractivity contribution in [2.75, 3.05) is 19.0 Å². The van der Waals surface area contributed by atoms with Crippen molar-refractivity contribution in [2.45, 2.75) is 34.2 Å². The average Bonchev–Trinajstić information content (AvgIpc) is 3.10. The SMILES string of the molecule is CCOC(=O)c1c(NC(C)=O)c2c(C)c(C)sc2n1Cc1cccc(OC)c1. The molecule has 2 aromatic heterocycles. The minimum Gasteiger partial charge on any atom is -0.497 e. The van der Waals surface area contributed by atoms with Gasteiger partial charge in [-0.3, -0.25) is 4.79 Å². The standard InChI is InChI=1S/C21H24N2O4S/c1-6-27-21(25)19-18(22-14(4)24)17-12(2)13(3)28-20(17)23(19)11-15-8-7-9-16(10-15)26-5/h7-10H,6,11H2,1-5H3,(H,22,24). The van der Waals surface area contributed by atoms with Crippen LogP contribution in [0.2, 0.25) is 0 Å². The lowest BCUT2D eigenvalue weighted by molar-refractivity contribution is -0.114. The maximum Gasteiger partial charge on any atom is 0.357 e. The Balaban J connectivity index is 2.25. The number of aryl methyl sites for hydroxylation is 2. The van der Waals surface area contributed by atoms with E-state index in [-0.39, 0.29) is 12.5 Å². The smallest absolute Gasteiger partial charge is 0.357 e. The summed E-state index contributed by atoms with van der Waals surface area (Å²) in [6.45, 7) is 7.97. The highest BCUT2D eigenvalue weighted by Crippen LogP contribution is 2.41. The third kappa shape index (κ3) is 3.62. The van der Waals surface area contributed by atoms with Gasteiger partial charge in [0.15, 0.2) is 5.69 Å². The lowest BCUT2D eigenvalue weighted by Gasteiger charge is -2.12. The monoisotopic (exact) mass is 400 g/mol. The van der Waals surface area contributed by atoms with E-state index in [4.69, 9.17) is 9.47 Å². The van der Waals surface area contributed by atoms with E-state index in [1.807, 2.05) is 42.7 Å². The summed E-state index contributed by atoms with van der Waals surface area (Å²) in [6.07, 6.45) is 0. The maximum atomic E-state index is 12.8. The fraction of sp³-hybridized carbons (Fsp3) is 0.333. The van der Waals surface area contributed by atoms with Crippen LogP contribution in [0.15, 0.2) is 24.3 Å². The Morgan fingerprint density at radius 3 is 2.64 bits per heavy atom. The number of methoxy groups -OCH3 is 1. The molecule has 148 valence electrons. The first-order valence-corrected chi connectivity index (χ1v) is 9.88. The van der Waals surface area contributed by atoms with E-state index in [1.165, 1.54) is 6.92 Å². The zero-order valence-corrected chi connectivity index (χ0v) is 17.5. The quantitative estimate of drug-likeness (QED) is 0.618. The van der Waals surface area contributed by atoms with Gasteiger partial charge in [-0.25, -0.2) is 4.79 Å². The minimum absolute atomic E-state index is 0.228. The highest BCUT2D eigenvalue weighted by molar-refractivity contribution is 7.19. The Morgan fingerprint density at radius 2 is 2.00 bits per heavy atom. The van der Waals surface area contributed by atoms with Crippen LogP contribution in [0.25, 0.3) is 10.2 Å². The summed E-state index contributed by atoms with van der Waals surface area (Å²) in [5, 5.41) is 3.75. The number of thiophene rings is 1. The van der Waals surface area contributed by atoms with E-state index in [1.54, 1.807) is 25.4 Å². The van der Waals surface area contributed by atoms with Crippen LogP contribution in [0.5, 0.6) is 5.75 Å². The van der Waals surface area contributed by atoms with Gasteiger partial charge in [0.25, 0.3) is 0 Å². The summed E-state index contributed by atoms with van der Waals surface area (Å²) < 4.78 is 12.6. The number of fused-ring (bicyclic) bond motifs is 1. The number of carbonyl (C=O) groups is 2. The summed E-state index contributed by atoms with van der Waals surface area (Å²) in [5.74, 6) is 0.0723. The second-order valence-electron chi connectivity index (χ2n) is 6.53. The number of anilines is 1. The van der Waals surface area contributed by atoms with Gasteiger partial charge < -0.3 is 19.4 Å². The summed E-state index contributed by atoms with van der Waals surface area (Å²) in [5.41, 5.74) is 2.92. The molecule has 1 aromatic carbocycles. The van der Waals surface area contributed by atoms with E-state index in [0.29, 0.717) is 17.9 Å². The van der Waals surface area contributed by atoms with Crippen LogP contribution in [0.3, 0.4) is 0 Å². The normalized spacial score (nSPS) is 10.9. The maximum absolute atomic E-state index is 12.8. The number of benzene rings is 1. The van der Waals surface area contributed by atoms with Gasteiger partial charge in [0, 0.05) is 23.7 Å². The van der Waals surface area contributed by atoms with E-state index in [2.05, 4.69) is 5.32 Å². The number of hydrogen-bond acceptors (Lipinski definition) is 5. The molecule has 0 aliphatic heterocycles. The Morgan fingerprint density at radius 1 is 1.25 bits per heavy atom. The molecule has 1 N–H and O–H groups in total. The van der Waals surface area contributed by atoms with Crippen LogP contribution in [0.1, 0.15) is 40.3 Å². The predicted molar refractivity (Wildman–Crippen MR) is 112 cm³/mol. The van der Waals surface area contributed by atoms with Gasteiger partial charge in [-0.15, -0.1) is 11.3 Å². The molecule has 0 unspecified atom stereocenters. The molecule has 0 radical (unpaired) electrons. The van der Waals surface area contributed by atoms with Crippen molar-refractivity contribution >= 4 is 39.1 Å². The van der Waals surface area contributed by atoms with Gasteiger partial charge >= 0.3 is 5.97 Å². The van der Waals surface area contributed by atoms with E-state index < -0.39 is 5.97 Å². The molecule has 0 spiro atoms. The molecule has 1 amide bonds. The molecule has 3 aromatic rings. The first-order valence-electron chi connectivity index (χ1n) is 9.07. The van der Waals surface area contributed by atoms with Gasteiger partial charge in [0.1, 0.15) is 10.6 Å². The molecular weight excluding hydrogens is 376 g/mol. The Hall–Kier alpha value is -2.80. The molecule has 28 heavy (non-hydrogen) atoms. The van der Waals surface area contributed by atoms with E-state index in [0.717, 1.165) is 32.0 Å². The van der Waals surface area contributed by atoms with Gasteiger partial charge in [-0.2, -0.15) is 0 Å². The van der Waals surface area contributed by atoms with Crippen LogP contribution in [0, 0.1) is 13.8 Å². The number of nitrogens with zero attached hydrogens (tertiary/aromatic N) is 1. The molecule has 0 aliphatic rings. The Bertz CT molecular complexity index is 1050. The van der Waals surface area contributed by atoms with Crippen molar-refractivity contribution < 1.29 is 19.1 Å². The van der Waals surface area contributed by atoms with Crippen molar-refractivity contribution in [3.8, 4) is 5.75 Å². The number of hydrogen-bond donors (Lipinski definition) is 1. The number of amides is 1. The van der Waals surface area contributed by atoms with Gasteiger partial charge in [0.05, 0.1) is 19.4 Å². The molecule has 2 heterocycles. The zero-order valence-electron chi connectivity index (χ0n) is 16.7. The van der Waals surface area contributed by atoms with Gasteiger partial charge in [-0.05, 0) is 44.0 Å². The van der Waals surface area contributed by atoms with Crippen molar-refractivity contribution in [3.05, 3.63) is 46.0 Å². The molecule has 0 bridgehead atoms. The highest BCUT2D eigenvalue weighted by atomic mass is 32.1. The molecule has 0 saturated heterocycles. The second kappa shape index (κ2) is 8.06. The van der Waals surface area contributed by atoms with E-state index >= 15 is 0 Å². The summed E-state index contributed by atoms with van der Waals surface area (Å²) in [6, 6.07) is 7.71. The van der Waals surface area contributed by atoms with Gasteiger partial charge in [-0.1, -0.05) is 12.1 Å². The van der Waals surface area contributed by atoms with Crippen molar-refractivity contribution in [2.24, 2.45) is 0 Å². The van der Waals surface area contributed by atoms with Crippen LogP contribution in [0.4, 0.5) is 5.69 Å². The molecule has 6 nitrogen and oxygen atoms in total.